The number of hydrogen-bond acceptors (Lipinski definition) is 5. The number of ether oxygens (including phenoxy) is 1. The van der Waals surface area contributed by atoms with Crippen LogP contribution in [0.2, 0.25) is 0 Å². The number of aromatic nitrogens is 3. The fraction of sp³-hybridized carbons (Fsp3) is 0.520. The van der Waals surface area contributed by atoms with Gasteiger partial charge in [0.25, 0.3) is 5.56 Å². The second-order valence-corrected chi connectivity index (χ2v) is 9.25. The van der Waals surface area contributed by atoms with E-state index >= 15 is 0 Å². The Bertz CT molecular complexity index is 1170. The van der Waals surface area contributed by atoms with Crippen molar-refractivity contribution in [2.45, 2.75) is 70.2 Å². The lowest BCUT2D eigenvalue weighted by molar-refractivity contribution is 0.104. The smallest absolute Gasteiger partial charge is 0.250 e. The van der Waals surface area contributed by atoms with E-state index < -0.39 is 0 Å². The molecule has 1 N–H and O–H groups in total. The molecule has 170 valence electrons. The first-order valence-electron chi connectivity index (χ1n) is 11.7. The molecule has 2 aromatic heterocycles. The number of nitrogens with zero attached hydrogens (tertiary/aromatic N) is 4. The SMILES string of the molecule is COCN1c2ccc3c(nc(Cn4ccccc4=O)n3[C@H]3CCC[C@@H](O)C3)c2CC[C@@H]1C. The van der Waals surface area contributed by atoms with Crippen LogP contribution in [0.3, 0.4) is 0 Å². The van der Waals surface area contributed by atoms with Gasteiger partial charge in [-0.05, 0) is 63.6 Å². The first-order chi connectivity index (χ1) is 15.6. The van der Waals surface area contributed by atoms with E-state index in [4.69, 9.17) is 9.72 Å². The summed E-state index contributed by atoms with van der Waals surface area (Å²) in [6.07, 6.45) is 7.17. The molecule has 1 aromatic carbocycles. The van der Waals surface area contributed by atoms with E-state index in [-0.39, 0.29) is 17.7 Å². The molecule has 2 aliphatic rings. The van der Waals surface area contributed by atoms with E-state index in [9.17, 15) is 9.90 Å². The lowest BCUT2D eigenvalue weighted by atomic mass is 9.92. The van der Waals surface area contributed by atoms with E-state index in [1.165, 1.54) is 11.3 Å². The van der Waals surface area contributed by atoms with Gasteiger partial charge in [-0.15, -0.1) is 0 Å². The van der Waals surface area contributed by atoms with Crippen LogP contribution in [-0.4, -0.2) is 45.2 Å². The van der Waals surface area contributed by atoms with Crippen LogP contribution in [0.1, 0.15) is 56.5 Å². The maximum Gasteiger partial charge on any atom is 0.250 e. The first kappa shape index (κ1) is 21.2. The normalized spacial score (nSPS) is 23.5. The Morgan fingerprint density at radius 3 is 2.84 bits per heavy atom. The zero-order valence-electron chi connectivity index (χ0n) is 18.9. The summed E-state index contributed by atoms with van der Waals surface area (Å²) < 4.78 is 9.50. The Labute approximate surface area is 188 Å². The Morgan fingerprint density at radius 1 is 1.19 bits per heavy atom. The van der Waals surface area contributed by atoms with Crippen LogP contribution in [0.5, 0.6) is 0 Å². The topological polar surface area (TPSA) is 72.5 Å². The summed E-state index contributed by atoms with van der Waals surface area (Å²) in [5.41, 5.74) is 4.55. The average Bonchev–Trinajstić information content (AvgIpc) is 3.15. The number of aryl methyl sites for hydroxylation is 1. The molecule has 0 amide bonds. The molecular formula is C25H32N4O3. The third-order valence-corrected chi connectivity index (χ3v) is 7.13. The Morgan fingerprint density at radius 2 is 2.06 bits per heavy atom. The van der Waals surface area contributed by atoms with Gasteiger partial charge in [0.15, 0.2) is 0 Å². The van der Waals surface area contributed by atoms with Crippen LogP contribution in [0.4, 0.5) is 5.69 Å². The van der Waals surface area contributed by atoms with Crippen LogP contribution in [0, 0.1) is 0 Å². The van der Waals surface area contributed by atoms with Crippen molar-refractivity contribution >= 4 is 16.7 Å². The van der Waals surface area contributed by atoms with Gasteiger partial charge in [0.2, 0.25) is 0 Å². The number of imidazole rings is 1. The van der Waals surface area contributed by atoms with Gasteiger partial charge < -0.3 is 23.9 Å². The van der Waals surface area contributed by atoms with Gasteiger partial charge in [0.05, 0.1) is 23.7 Å². The highest BCUT2D eigenvalue weighted by molar-refractivity contribution is 5.86. The summed E-state index contributed by atoms with van der Waals surface area (Å²) in [6.45, 7) is 3.22. The molecule has 1 fully saturated rings. The van der Waals surface area contributed by atoms with Crippen molar-refractivity contribution in [1.82, 2.24) is 14.1 Å². The molecular weight excluding hydrogens is 404 g/mol. The maximum absolute atomic E-state index is 12.4. The van der Waals surface area contributed by atoms with E-state index in [1.54, 1.807) is 23.8 Å². The van der Waals surface area contributed by atoms with Crippen molar-refractivity contribution in [3.63, 3.8) is 0 Å². The number of pyridine rings is 1. The number of benzene rings is 1. The quantitative estimate of drug-likeness (QED) is 0.663. The maximum atomic E-state index is 12.4. The molecule has 1 aliphatic carbocycles. The summed E-state index contributed by atoms with van der Waals surface area (Å²) in [7, 11) is 1.73. The Hall–Kier alpha value is -2.64. The molecule has 0 bridgehead atoms. The van der Waals surface area contributed by atoms with Gasteiger partial charge in [-0.3, -0.25) is 4.79 Å². The highest BCUT2D eigenvalue weighted by Crippen LogP contribution is 2.39. The van der Waals surface area contributed by atoms with Gasteiger partial charge in [-0.2, -0.15) is 0 Å². The molecule has 32 heavy (non-hydrogen) atoms. The lowest BCUT2D eigenvalue weighted by Gasteiger charge is -2.36. The number of fused-ring (bicyclic) bond motifs is 3. The second-order valence-electron chi connectivity index (χ2n) is 9.25. The summed E-state index contributed by atoms with van der Waals surface area (Å²) in [5.74, 6) is 0.887. The fourth-order valence-corrected chi connectivity index (χ4v) is 5.49. The molecule has 1 aliphatic heterocycles. The Kier molecular flexibility index (Phi) is 5.78. The average molecular weight is 437 g/mol. The molecule has 7 nitrogen and oxygen atoms in total. The molecule has 3 aromatic rings. The van der Waals surface area contributed by atoms with Crippen molar-refractivity contribution in [1.29, 1.82) is 0 Å². The third kappa shape index (κ3) is 3.73. The molecule has 0 saturated heterocycles. The van der Waals surface area contributed by atoms with Crippen LogP contribution in [0.25, 0.3) is 11.0 Å². The van der Waals surface area contributed by atoms with Gasteiger partial charge in [0, 0.05) is 42.7 Å². The number of anilines is 1. The van der Waals surface area contributed by atoms with Crippen molar-refractivity contribution in [3.8, 4) is 0 Å². The summed E-state index contributed by atoms with van der Waals surface area (Å²) in [5, 5.41) is 10.4. The second kappa shape index (κ2) is 8.71. The van der Waals surface area contributed by atoms with Gasteiger partial charge in [-0.25, -0.2) is 4.98 Å². The predicted octanol–water partition coefficient (Wildman–Crippen LogP) is 3.47. The summed E-state index contributed by atoms with van der Waals surface area (Å²) in [6, 6.07) is 10.2. The van der Waals surface area contributed by atoms with Crippen molar-refractivity contribution < 1.29 is 9.84 Å². The fourth-order valence-electron chi connectivity index (χ4n) is 5.49. The monoisotopic (exact) mass is 436 g/mol. The van der Waals surface area contributed by atoms with Crippen LogP contribution in [-0.2, 0) is 17.7 Å². The summed E-state index contributed by atoms with van der Waals surface area (Å²) in [4.78, 5) is 19.9. The van der Waals surface area contributed by atoms with Gasteiger partial charge in [0.1, 0.15) is 12.6 Å². The van der Waals surface area contributed by atoms with E-state index in [0.29, 0.717) is 19.3 Å². The van der Waals surface area contributed by atoms with Gasteiger partial charge in [-0.1, -0.05) is 6.07 Å². The van der Waals surface area contributed by atoms with Crippen LogP contribution >= 0.6 is 0 Å². The minimum absolute atomic E-state index is 0.0306. The van der Waals surface area contributed by atoms with Crippen molar-refractivity contribution in [3.05, 3.63) is 58.3 Å². The molecule has 0 unspecified atom stereocenters. The molecule has 1 saturated carbocycles. The minimum Gasteiger partial charge on any atom is -0.393 e. The van der Waals surface area contributed by atoms with Crippen LogP contribution < -0.4 is 10.5 Å². The standard InChI is InChI=1S/C25H32N4O3/c1-17-9-10-20-21(28(17)16-32-2)11-12-22-25(20)26-23(15-27-13-4-3-8-24(27)31)29(22)18-6-5-7-19(30)14-18/h3-4,8,11-13,17-19,30H,5-7,9-10,14-16H2,1-2H3/t17-,18-,19+/m0/s1. The van der Waals surface area contributed by atoms with E-state index in [1.807, 2.05) is 12.3 Å². The Balaban J connectivity index is 1.66. The number of rotatable bonds is 5. The molecule has 3 heterocycles. The molecule has 0 spiro atoms. The highest BCUT2D eigenvalue weighted by atomic mass is 16.5. The number of aliphatic hydroxyl groups is 1. The molecule has 0 radical (unpaired) electrons. The molecule has 3 atom stereocenters. The summed E-state index contributed by atoms with van der Waals surface area (Å²) >= 11 is 0. The van der Waals surface area contributed by atoms with E-state index in [2.05, 4.69) is 28.5 Å². The number of methoxy groups -OCH3 is 1. The number of aliphatic hydroxyl groups excluding tert-OH is 1. The van der Waals surface area contributed by atoms with Gasteiger partial charge >= 0.3 is 0 Å². The first-order valence-corrected chi connectivity index (χ1v) is 11.7. The molecule has 7 heteroatoms. The zero-order chi connectivity index (χ0) is 22.2. The third-order valence-electron chi connectivity index (χ3n) is 7.13. The molecule has 5 rings (SSSR count). The predicted molar refractivity (Wildman–Crippen MR) is 125 cm³/mol. The lowest BCUT2D eigenvalue weighted by Crippen LogP contribution is -2.38. The van der Waals surface area contributed by atoms with E-state index in [0.717, 1.165) is 55.4 Å². The highest BCUT2D eigenvalue weighted by Gasteiger charge is 2.30. The zero-order valence-corrected chi connectivity index (χ0v) is 18.9. The number of hydrogen-bond donors (Lipinski definition) is 1. The van der Waals surface area contributed by atoms with Crippen molar-refractivity contribution in [2.75, 3.05) is 18.7 Å². The largest absolute Gasteiger partial charge is 0.393 e. The minimum atomic E-state index is -0.283. The van der Waals surface area contributed by atoms with Crippen molar-refractivity contribution in [2.24, 2.45) is 0 Å². The van der Waals surface area contributed by atoms with Crippen LogP contribution in [0.15, 0.2) is 41.3 Å².